The summed E-state index contributed by atoms with van der Waals surface area (Å²) in [5.41, 5.74) is 1.59. The van der Waals surface area contributed by atoms with Crippen LogP contribution in [0.25, 0.3) is 0 Å². The van der Waals surface area contributed by atoms with Gasteiger partial charge in [-0.05, 0) is 40.4 Å². The quantitative estimate of drug-likeness (QED) is 0.0506. The standard InChI is InChI=1S/C47H89O4P/c1-9-11-13-15-17-19-21-23-25-27-29-31-33-35-37-47(52(49,50)51,38-36-34-32-30-28-26-24-22-20-18-16-14-12-10-2)41-39-42(45(3,4)5)44(48)43(40-41)46(6,7)8/h39-40,48H,9-38H2,1-8H3,(H2,49,50,51). The van der Waals surface area contributed by atoms with Crippen molar-refractivity contribution in [2.75, 3.05) is 0 Å². The molecule has 0 aliphatic rings. The summed E-state index contributed by atoms with van der Waals surface area (Å²) in [4.78, 5) is 22.6. The third-order valence-electron chi connectivity index (χ3n) is 11.7. The molecule has 0 fully saturated rings. The average Bonchev–Trinajstić information content (AvgIpc) is 3.06. The molecule has 0 atom stereocenters. The highest BCUT2D eigenvalue weighted by Crippen LogP contribution is 2.63. The Morgan fingerprint density at radius 1 is 0.442 bits per heavy atom. The third kappa shape index (κ3) is 19.7. The molecule has 52 heavy (non-hydrogen) atoms. The van der Waals surface area contributed by atoms with Crippen molar-refractivity contribution in [1.82, 2.24) is 0 Å². The predicted molar refractivity (Wildman–Crippen MR) is 229 cm³/mol. The highest BCUT2D eigenvalue weighted by molar-refractivity contribution is 7.53. The molecule has 1 aromatic rings. The number of hydrogen-bond donors (Lipinski definition) is 3. The molecule has 1 rings (SSSR count). The molecule has 1 aromatic carbocycles. The van der Waals surface area contributed by atoms with Gasteiger partial charge in [0.05, 0.1) is 5.16 Å². The second-order valence-electron chi connectivity index (χ2n) is 18.7. The van der Waals surface area contributed by atoms with Crippen LogP contribution in [0.2, 0.25) is 0 Å². The molecule has 0 aromatic heterocycles. The number of unbranched alkanes of at least 4 members (excludes halogenated alkanes) is 26. The van der Waals surface area contributed by atoms with E-state index in [0.29, 0.717) is 12.8 Å². The molecule has 0 aliphatic heterocycles. The summed E-state index contributed by atoms with van der Waals surface area (Å²) >= 11 is 0. The van der Waals surface area contributed by atoms with Crippen molar-refractivity contribution >= 4 is 7.60 Å². The Labute approximate surface area is 324 Å². The zero-order valence-corrected chi connectivity index (χ0v) is 37.0. The third-order valence-corrected chi connectivity index (χ3v) is 13.5. The summed E-state index contributed by atoms with van der Waals surface area (Å²) in [5.74, 6) is 0.274. The normalized spacial score (nSPS) is 13.0. The van der Waals surface area contributed by atoms with Gasteiger partial charge >= 0.3 is 7.60 Å². The molecule has 0 saturated heterocycles. The Bertz CT molecular complexity index is 1010. The molecule has 0 heterocycles. The Kier molecular flexibility index (Phi) is 25.4. The first-order valence-electron chi connectivity index (χ1n) is 22.6. The molecular weight excluding hydrogens is 659 g/mol. The van der Waals surface area contributed by atoms with Crippen LogP contribution < -0.4 is 0 Å². The predicted octanol–water partition coefficient (Wildman–Crippen LogP) is 16.1. The smallest absolute Gasteiger partial charge is 0.335 e. The van der Waals surface area contributed by atoms with Gasteiger partial charge in [-0.3, -0.25) is 4.57 Å². The maximum absolute atomic E-state index is 13.8. The minimum Gasteiger partial charge on any atom is -0.507 e. The van der Waals surface area contributed by atoms with E-state index < -0.39 is 12.8 Å². The SMILES string of the molecule is CCCCCCCCCCCCCCCCC(CCCCCCCCCCCCCCCC)(c1cc(C(C)(C)C)c(O)c(C(C)(C)C)c1)P(=O)(O)O. The second-order valence-corrected chi connectivity index (χ2v) is 20.6. The van der Waals surface area contributed by atoms with E-state index in [2.05, 4.69) is 55.4 Å². The molecule has 0 amide bonds. The van der Waals surface area contributed by atoms with Crippen molar-refractivity contribution in [3.63, 3.8) is 0 Å². The van der Waals surface area contributed by atoms with Crippen LogP contribution in [-0.2, 0) is 20.6 Å². The van der Waals surface area contributed by atoms with Crippen LogP contribution in [-0.4, -0.2) is 14.9 Å². The lowest BCUT2D eigenvalue weighted by Gasteiger charge is -2.38. The fourth-order valence-corrected chi connectivity index (χ4v) is 9.51. The summed E-state index contributed by atoms with van der Waals surface area (Å²) < 4.78 is 13.8. The number of hydrogen-bond acceptors (Lipinski definition) is 2. The topological polar surface area (TPSA) is 77.8 Å². The molecule has 0 saturated carbocycles. The van der Waals surface area contributed by atoms with Gasteiger partial charge in [0, 0.05) is 0 Å². The van der Waals surface area contributed by atoms with E-state index >= 15 is 0 Å². The number of benzene rings is 1. The van der Waals surface area contributed by atoms with Crippen LogP contribution in [0.5, 0.6) is 5.75 Å². The van der Waals surface area contributed by atoms with Crippen molar-refractivity contribution in [3.05, 3.63) is 28.8 Å². The first-order chi connectivity index (χ1) is 24.6. The highest BCUT2D eigenvalue weighted by Gasteiger charge is 2.48. The van der Waals surface area contributed by atoms with Gasteiger partial charge in [0.25, 0.3) is 0 Å². The Balaban J connectivity index is 2.89. The lowest BCUT2D eigenvalue weighted by atomic mass is 9.75. The summed E-state index contributed by atoms with van der Waals surface area (Å²) in [7, 11) is -4.54. The number of phenolic OH excluding ortho intramolecular Hbond substituents is 1. The molecule has 0 aliphatic carbocycles. The van der Waals surface area contributed by atoms with E-state index in [1.807, 2.05) is 12.1 Å². The average molecular weight is 749 g/mol. The molecular formula is C47H89O4P. The maximum atomic E-state index is 13.8. The molecule has 0 bridgehead atoms. The van der Waals surface area contributed by atoms with E-state index in [1.54, 1.807) is 0 Å². The number of aromatic hydroxyl groups is 1. The Morgan fingerprint density at radius 2 is 0.673 bits per heavy atom. The van der Waals surface area contributed by atoms with Gasteiger partial charge in [-0.25, -0.2) is 0 Å². The Morgan fingerprint density at radius 3 is 0.885 bits per heavy atom. The van der Waals surface area contributed by atoms with E-state index in [1.165, 1.54) is 141 Å². The van der Waals surface area contributed by atoms with Crippen molar-refractivity contribution in [1.29, 1.82) is 0 Å². The van der Waals surface area contributed by atoms with Gasteiger partial charge in [0.2, 0.25) is 0 Å². The second kappa shape index (κ2) is 26.9. The zero-order valence-electron chi connectivity index (χ0n) is 36.1. The molecule has 0 unspecified atom stereocenters. The Hall–Kier alpha value is -0.830. The minimum atomic E-state index is -4.54. The fourth-order valence-electron chi connectivity index (χ4n) is 8.14. The summed E-state index contributed by atoms with van der Waals surface area (Å²) in [6.45, 7) is 17.0. The maximum Gasteiger partial charge on any atom is 0.335 e. The van der Waals surface area contributed by atoms with Gasteiger partial charge in [0.1, 0.15) is 5.75 Å². The van der Waals surface area contributed by atoms with Crippen LogP contribution >= 0.6 is 7.60 Å². The van der Waals surface area contributed by atoms with Crippen LogP contribution in [0.1, 0.15) is 265 Å². The lowest BCUT2D eigenvalue weighted by molar-refractivity contribution is 0.296. The molecule has 5 heteroatoms. The largest absolute Gasteiger partial charge is 0.507 e. The first-order valence-corrected chi connectivity index (χ1v) is 24.2. The van der Waals surface area contributed by atoms with Crippen molar-refractivity contribution < 1.29 is 19.5 Å². The minimum absolute atomic E-state index is 0.274. The van der Waals surface area contributed by atoms with Crippen LogP contribution in [0.15, 0.2) is 12.1 Å². The molecule has 4 nitrogen and oxygen atoms in total. The zero-order chi connectivity index (χ0) is 38.9. The van der Waals surface area contributed by atoms with Crippen LogP contribution in [0, 0.1) is 0 Å². The fraction of sp³-hybridized carbons (Fsp3) is 0.872. The monoisotopic (exact) mass is 749 g/mol. The van der Waals surface area contributed by atoms with Gasteiger partial charge in [0.15, 0.2) is 0 Å². The lowest BCUT2D eigenvalue weighted by Crippen LogP contribution is -2.29. The van der Waals surface area contributed by atoms with Crippen molar-refractivity contribution in [2.24, 2.45) is 0 Å². The van der Waals surface area contributed by atoms with Gasteiger partial charge < -0.3 is 14.9 Å². The number of rotatable bonds is 32. The summed E-state index contributed by atoms with van der Waals surface area (Å²) in [5, 5.41) is 10.2. The van der Waals surface area contributed by atoms with E-state index in [-0.39, 0.29) is 16.6 Å². The van der Waals surface area contributed by atoms with E-state index in [0.717, 1.165) is 55.2 Å². The number of phenols is 1. The highest BCUT2D eigenvalue weighted by atomic mass is 31.2. The first kappa shape index (κ1) is 49.2. The van der Waals surface area contributed by atoms with Crippen LogP contribution in [0.3, 0.4) is 0 Å². The van der Waals surface area contributed by atoms with E-state index in [9.17, 15) is 19.5 Å². The molecule has 306 valence electrons. The molecule has 0 spiro atoms. The molecule has 3 N–H and O–H groups in total. The molecule has 0 radical (unpaired) electrons. The summed E-state index contributed by atoms with van der Waals surface area (Å²) in [6.07, 6.45) is 36.3. The van der Waals surface area contributed by atoms with Gasteiger partial charge in [-0.2, -0.15) is 0 Å². The van der Waals surface area contributed by atoms with E-state index in [4.69, 9.17) is 0 Å². The summed E-state index contributed by atoms with van der Waals surface area (Å²) in [6, 6.07) is 3.91. The van der Waals surface area contributed by atoms with Crippen molar-refractivity contribution in [2.45, 2.75) is 264 Å². The van der Waals surface area contributed by atoms with Gasteiger partial charge in [-0.1, -0.05) is 247 Å². The van der Waals surface area contributed by atoms with Crippen LogP contribution in [0.4, 0.5) is 0 Å². The van der Waals surface area contributed by atoms with Crippen molar-refractivity contribution in [3.8, 4) is 5.75 Å². The van der Waals surface area contributed by atoms with Gasteiger partial charge in [-0.15, -0.1) is 0 Å².